The van der Waals surface area contributed by atoms with Crippen molar-refractivity contribution in [1.82, 2.24) is 14.3 Å². The number of nitrogens with one attached hydrogen (secondary N) is 2. The first kappa shape index (κ1) is 22.7. The number of nitrogens with zero attached hydrogens (tertiary/aromatic N) is 2. The highest BCUT2D eigenvalue weighted by Crippen LogP contribution is 2.39. The second-order valence-electron chi connectivity index (χ2n) is 8.09. The highest BCUT2D eigenvalue weighted by Gasteiger charge is 2.26. The normalized spacial score (nSPS) is 13.1. The van der Waals surface area contributed by atoms with Crippen LogP contribution in [0.4, 0.5) is 14.9 Å². The summed E-state index contributed by atoms with van der Waals surface area (Å²) in [6, 6.07) is 5.77. The van der Waals surface area contributed by atoms with Crippen molar-refractivity contribution in [2.24, 2.45) is 0 Å². The van der Waals surface area contributed by atoms with Gasteiger partial charge in [-0.3, -0.25) is 9.78 Å². The maximum Gasteiger partial charge on any atom is 0.333 e. The third-order valence-electron chi connectivity index (χ3n) is 5.58. The number of rotatable bonds is 5. The average molecular weight is 471 g/mol. The SMILES string of the molecule is CC(C)n1cc(S(=O)(=O)NC(=O)Nc2c(-c3ccncc3)cc(F)c3c2CCC3)ccc1=O. The molecule has 2 aromatic heterocycles. The Hall–Kier alpha value is -3.53. The molecule has 2 N–H and O–H groups in total. The molecular weight excluding hydrogens is 447 g/mol. The molecule has 0 saturated carbocycles. The molecule has 1 aliphatic carbocycles. The molecule has 0 atom stereocenters. The smallest absolute Gasteiger partial charge is 0.312 e. The lowest BCUT2D eigenvalue weighted by atomic mass is 9.97. The van der Waals surface area contributed by atoms with Gasteiger partial charge >= 0.3 is 6.03 Å². The lowest BCUT2D eigenvalue weighted by molar-refractivity contribution is 0.256. The van der Waals surface area contributed by atoms with E-state index in [1.54, 1.807) is 38.4 Å². The van der Waals surface area contributed by atoms with Gasteiger partial charge in [0.15, 0.2) is 0 Å². The van der Waals surface area contributed by atoms with E-state index >= 15 is 0 Å². The van der Waals surface area contributed by atoms with Gasteiger partial charge in [0, 0.05) is 36.3 Å². The zero-order chi connectivity index (χ0) is 23.8. The standard InChI is InChI=1S/C23H23FN4O4S/c1-14(2)28-13-16(6-7-21(28)29)33(31,32)27-23(30)26-22-18-5-3-4-17(18)20(24)12-19(22)15-8-10-25-11-9-15/h6-14H,3-5H2,1-2H3,(H2,26,27,30). The monoisotopic (exact) mass is 470 g/mol. The van der Waals surface area contributed by atoms with Crippen LogP contribution < -0.4 is 15.6 Å². The summed E-state index contributed by atoms with van der Waals surface area (Å²) in [5.74, 6) is -0.358. The summed E-state index contributed by atoms with van der Waals surface area (Å²) >= 11 is 0. The molecule has 0 saturated heterocycles. The van der Waals surface area contributed by atoms with Crippen LogP contribution >= 0.6 is 0 Å². The number of sulfonamides is 1. The molecule has 0 unspecified atom stereocenters. The molecule has 0 spiro atoms. The van der Waals surface area contributed by atoms with Crippen molar-refractivity contribution in [3.05, 3.63) is 76.2 Å². The summed E-state index contributed by atoms with van der Waals surface area (Å²) in [5, 5.41) is 2.63. The van der Waals surface area contributed by atoms with Crippen LogP contribution in [0.1, 0.15) is 37.4 Å². The van der Waals surface area contributed by atoms with Crippen LogP contribution in [-0.4, -0.2) is 24.0 Å². The van der Waals surface area contributed by atoms with Gasteiger partial charge in [-0.15, -0.1) is 0 Å². The molecule has 0 bridgehead atoms. The summed E-state index contributed by atoms with van der Waals surface area (Å²) in [6.45, 7) is 3.49. The maximum absolute atomic E-state index is 14.7. The number of anilines is 1. The van der Waals surface area contributed by atoms with Crippen LogP contribution in [0.5, 0.6) is 0 Å². The lowest BCUT2D eigenvalue weighted by Crippen LogP contribution is -2.35. The van der Waals surface area contributed by atoms with Crippen molar-refractivity contribution >= 4 is 21.7 Å². The molecule has 172 valence electrons. The topological polar surface area (TPSA) is 110 Å². The van der Waals surface area contributed by atoms with Crippen molar-refractivity contribution in [2.75, 3.05) is 5.32 Å². The largest absolute Gasteiger partial charge is 0.333 e. The number of halogens is 1. The Morgan fingerprint density at radius 1 is 1.12 bits per heavy atom. The van der Waals surface area contributed by atoms with Crippen molar-refractivity contribution in [3.63, 3.8) is 0 Å². The van der Waals surface area contributed by atoms with E-state index in [0.29, 0.717) is 40.8 Å². The van der Waals surface area contributed by atoms with E-state index < -0.39 is 16.1 Å². The fraction of sp³-hybridized carbons (Fsp3) is 0.261. The molecule has 2 heterocycles. The summed E-state index contributed by atoms with van der Waals surface area (Å²) in [6.07, 6.45) is 6.14. The molecule has 3 aromatic rings. The van der Waals surface area contributed by atoms with Gasteiger partial charge in [-0.1, -0.05) is 0 Å². The molecule has 8 nitrogen and oxygen atoms in total. The Kier molecular flexibility index (Phi) is 6.03. The number of pyridine rings is 2. The van der Waals surface area contributed by atoms with Gasteiger partial charge < -0.3 is 9.88 Å². The van der Waals surface area contributed by atoms with E-state index in [4.69, 9.17) is 0 Å². The third-order valence-corrected chi connectivity index (χ3v) is 6.90. The first-order valence-corrected chi connectivity index (χ1v) is 12.0. The van der Waals surface area contributed by atoms with Crippen molar-refractivity contribution < 1.29 is 17.6 Å². The van der Waals surface area contributed by atoms with Crippen LogP contribution in [0.2, 0.25) is 0 Å². The predicted molar refractivity (Wildman–Crippen MR) is 122 cm³/mol. The first-order valence-electron chi connectivity index (χ1n) is 10.5. The minimum absolute atomic E-state index is 0.218. The van der Waals surface area contributed by atoms with E-state index in [-0.39, 0.29) is 22.3 Å². The van der Waals surface area contributed by atoms with E-state index in [9.17, 15) is 22.4 Å². The van der Waals surface area contributed by atoms with Gasteiger partial charge in [-0.2, -0.15) is 0 Å². The maximum atomic E-state index is 14.7. The fourth-order valence-electron chi connectivity index (χ4n) is 4.00. The second-order valence-corrected chi connectivity index (χ2v) is 9.77. The van der Waals surface area contributed by atoms with Gasteiger partial charge in [-0.25, -0.2) is 22.3 Å². The highest BCUT2D eigenvalue weighted by atomic mass is 32.2. The van der Waals surface area contributed by atoms with Gasteiger partial charge in [0.2, 0.25) is 0 Å². The third kappa shape index (κ3) is 4.51. The number of carbonyl (C=O) groups is 1. The number of hydrogen-bond donors (Lipinski definition) is 2. The number of fused-ring (bicyclic) bond motifs is 1. The molecule has 4 rings (SSSR count). The fourth-order valence-corrected chi connectivity index (χ4v) is 4.91. The van der Waals surface area contributed by atoms with Gasteiger partial charge in [0.1, 0.15) is 10.7 Å². The van der Waals surface area contributed by atoms with Crippen LogP contribution in [-0.2, 0) is 22.9 Å². The molecule has 1 aromatic carbocycles. The molecule has 0 fully saturated rings. The Bertz CT molecular complexity index is 1390. The van der Waals surface area contributed by atoms with Crippen LogP contribution in [0.15, 0.2) is 58.6 Å². The van der Waals surface area contributed by atoms with E-state index in [1.807, 2.05) is 4.72 Å². The van der Waals surface area contributed by atoms with E-state index in [1.165, 1.54) is 16.8 Å². The molecule has 10 heteroatoms. The number of hydrogen-bond acceptors (Lipinski definition) is 5. The number of amides is 2. The highest BCUT2D eigenvalue weighted by molar-refractivity contribution is 7.90. The van der Waals surface area contributed by atoms with Crippen LogP contribution in [0.25, 0.3) is 11.1 Å². The van der Waals surface area contributed by atoms with Gasteiger partial charge in [0.25, 0.3) is 15.6 Å². The summed E-state index contributed by atoms with van der Waals surface area (Å²) in [5.41, 5.74) is 2.28. The van der Waals surface area contributed by atoms with E-state index in [2.05, 4.69) is 10.3 Å². The average Bonchev–Trinajstić information content (AvgIpc) is 3.26. The van der Waals surface area contributed by atoms with Crippen molar-refractivity contribution in [2.45, 2.75) is 44.0 Å². The Morgan fingerprint density at radius 2 is 1.82 bits per heavy atom. The number of aromatic nitrogens is 2. The summed E-state index contributed by atoms with van der Waals surface area (Å²) < 4.78 is 43.6. The zero-order valence-electron chi connectivity index (χ0n) is 18.1. The Labute approximate surface area is 190 Å². The zero-order valence-corrected chi connectivity index (χ0v) is 18.9. The lowest BCUT2D eigenvalue weighted by Gasteiger charge is -2.18. The molecule has 2 amide bonds. The van der Waals surface area contributed by atoms with Gasteiger partial charge in [-0.05, 0) is 74.1 Å². The molecule has 0 aliphatic heterocycles. The molecule has 33 heavy (non-hydrogen) atoms. The molecule has 0 radical (unpaired) electrons. The van der Waals surface area contributed by atoms with Gasteiger partial charge in [0.05, 0.1) is 5.69 Å². The number of urea groups is 1. The minimum atomic E-state index is -4.26. The number of carbonyl (C=O) groups excluding carboxylic acids is 1. The summed E-state index contributed by atoms with van der Waals surface area (Å²) in [4.78, 5) is 28.5. The molecular formula is C23H23FN4O4S. The Balaban J connectivity index is 1.68. The second kappa shape index (κ2) is 8.78. The predicted octanol–water partition coefficient (Wildman–Crippen LogP) is 3.63. The van der Waals surface area contributed by atoms with Crippen LogP contribution in [0.3, 0.4) is 0 Å². The molecule has 1 aliphatic rings. The number of benzene rings is 1. The first-order chi connectivity index (χ1) is 15.7. The van der Waals surface area contributed by atoms with Crippen molar-refractivity contribution in [3.8, 4) is 11.1 Å². The quantitative estimate of drug-likeness (QED) is 0.592. The summed E-state index contributed by atoms with van der Waals surface area (Å²) in [7, 11) is -4.26. The van der Waals surface area contributed by atoms with Crippen molar-refractivity contribution in [1.29, 1.82) is 0 Å². The van der Waals surface area contributed by atoms with E-state index in [0.717, 1.165) is 18.6 Å². The minimum Gasteiger partial charge on any atom is -0.312 e. The van der Waals surface area contributed by atoms with Crippen LogP contribution in [0, 0.1) is 5.82 Å². The Morgan fingerprint density at radius 3 is 2.52 bits per heavy atom.